The summed E-state index contributed by atoms with van der Waals surface area (Å²) in [7, 11) is 3.80. The van der Waals surface area contributed by atoms with Gasteiger partial charge in [-0.15, -0.1) is 0 Å². The molecule has 0 aliphatic rings. The first-order valence-electron chi connectivity index (χ1n) is 8.03. The Morgan fingerprint density at radius 2 is 1.75 bits per heavy atom. The maximum absolute atomic E-state index is 5.15. The van der Waals surface area contributed by atoms with E-state index in [1.165, 1.54) is 31.2 Å². The van der Waals surface area contributed by atoms with Gasteiger partial charge >= 0.3 is 0 Å². The third-order valence-corrected chi connectivity index (χ3v) is 3.79. The van der Waals surface area contributed by atoms with Gasteiger partial charge in [0.2, 0.25) is 0 Å². The molecule has 2 nitrogen and oxygen atoms in total. The average Bonchev–Trinajstić information content (AvgIpc) is 2.44. The fourth-order valence-electron chi connectivity index (χ4n) is 2.91. The Morgan fingerprint density at radius 3 is 2.30 bits per heavy atom. The summed E-state index contributed by atoms with van der Waals surface area (Å²) in [6.07, 6.45) is 7.12. The van der Waals surface area contributed by atoms with Crippen LogP contribution in [0.1, 0.15) is 55.4 Å². The van der Waals surface area contributed by atoms with Crippen LogP contribution in [0.25, 0.3) is 0 Å². The molecule has 20 heavy (non-hydrogen) atoms. The van der Waals surface area contributed by atoms with E-state index in [0.717, 1.165) is 26.0 Å². The van der Waals surface area contributed by atoms with E-state index in [1.54, 1.807) is 23.8 Å². The van der Waals surface area contributed by atoms with Gasteiger partial charge in [0.1, 0.15) is 0 Å². The van der Waals surface area contributed by atoms with Gasteiger partial charge in [-0.1, -0.05) is 32.4 Å². The Labute approximate surface area is 124 Å². The second kappa shape index (κ2) is 9.95. The van der Waals surface area contributed by atoms with Crippen molar-refractivity contribution in [1.82, 2.24) is 5.32 Å². The Bertz CT molecular complexity index is 387. The molecule has 0 aliphatic carbocycles. The number of rotatable bonds is 10. The molecule has 1 rings (SSSR count). The number of aryl methyl sites for hydroxylation is 2. The maximum atomic E-state index is 5.15. The molecule has 0 unspecified atom stereocenters. The number of ether oxygens (including phenoxy) is 1. The van der Waals surface area contributed by atoms with Crippen LogP contribution >= 0.6 is 0 Å². The van der Waals surface area contributed by atoms with Crippen LogP contribution in [0.2, 0.25) is 0 Å². The van der Waals surface area contributed by atoms with Crippen molar-refractivity contribution in [2.45, 2.75) is 58.9 Å². The Kier molecular flexibility index (Phi) is 8.56. The predicted octanol–water partition coefficient (Wildman–Crippen LogP) is 3.89. The van der Waals surface area contributed by atoms with E-state index < -0.39 is 0 Å². The van der Waals surface area contributed by atoms with Crippen LogP contribution < -0.4 is 5.32 Å². The van der Waals surface area contributed by atoms with Crippen LogP contribution in [-0.2, 0) is 30.5 Å². The van der Waals surface area contributed by atoms with Gasteiger partial charge in [-0.3, -0.25) is 0 Å². The van der Waals surface area contributed by atoms with Gasteiger partial charge in [0.15, 0.2) is 0 Å². The lowest BCUT2D eigenvalue weighted by Crippen LogP contribution is -2.09. The molecule has 0 atom stereocenters. The van der Waals surface area contributed by atoms with E-state index in [0.29, 0.717) is 0 Å². The predicted molar refractivity (Wildman–Crippen MR) is 87.4 cm³/mol. The second-order valence-electron chi connectivity index (χ2n) is 5.48. The van der Waals surface area contributed by atoms with E-state index in [1.807, 2.05) is 7.05 Å². The minimum absolute atomic E-state index is 0.874. The number of methoxy groups -OCH3 is 1. The molecule has 0 bridgehead atoms. The van der Waals surface area contributed by atoms with Gasteiger partial charge in [0.05, 0.1) is 0 Å². The number of benzene rings is 1. The summed E-state index contributed by atoms with van der Waals surface area (Å²) < 4.78 is 5.15. The molecule has 0 spiro atoms. The molecule has 0 saturated carbocycles. The summed E-state index contributed by atoms with van der Waals surface area (Å²) in [6.45, 7) is 6.39. The number of unbranched alkanes of at least 4 members (excludes halogenated alkanes) is 1. The molecular formula is C18H31NO. The second-order valence-corrected chi connectivity index (χ2v) is 5.48. The molecule has 0 aliphatic heterocycles. The van der Waals surface area contributed by atoms with Crippen LogP contribution in [0.3, 0.4) is 0 Å². The zero-order chi connectivity index (χ0) is 14.8. The van der Waals surface area contributed by atoms with Gasteiger partial charge < -0.3 is 10.1 Å². The molecule has 0 aromatic heterocycles. The normalized spacial score (nSPS) is 11.0. The van der Waals surface area contributed by atoms with E-state index in [9.17, 15) is 0 Å². The van der Waals surface area contributed by atoms with Crippen molar-refractivity contribution in [3.63, 3.8) is 0 Å². The van der Waals surface area contributed by atoms with Gasteiger partial charge in [-0.05, 0) is 61.4 Å². The van der Waals surface area contributed by atoms with Gasteiger partial charge in [0.25, 0.3) is 0 Å². The smallest absolute Gasteiger partial charge is 0.0462 e. The van der Waals surface area contributed by atoms with Crippen LogP contribution in [0, 0.1) is 0 Å². The molecule has 1 N–H and O–H groups in total. The van der Waals surface area contributed by atoms with Crippen molar-refractivity contribution >= 4 is 0 Å². The molecule has 0 radical (unpaired) electrons. The quantitative estimate of drug-likeness (QED) is 0.655. The Balaban J connectivity index is 2.91. The highest BCUT2D eigenvalue weighted by atomic mass is 16.5. The van der Waals surface area contributed by atoms with Crippen molar-refractivity contribution in [2.75, 3.05) is 20.8 Å². The molecule has 2 heteroatoms. The first-order valence-corrected chi connectivity index (χ1v) is 8.03. The maximum Gasteiger partial charge on any atom is 0.0462 e. The highest BCUT2D eigenvalue weighted by Crippen LogP contribution is 2.22. The minimum Gasteiger partial charge on any atom is -0.385 e. The lowest BCUT2D eigenvalue weighted by molar-refractivity contribution is 0.193. The fraction of sp³-hybridized carbons (Fsp3) is 0.667. The van der Waals surface area contributed by atoms with E-state index in [-0.39, 0.29) is 0 Å². The largest absolute Gasteiger partial charge is 0.385 e. The standard InChI is InChI=1S/C18H31NO/c1-5-9-16-12-15(14-19-3)13-17(18(16)6-2)10-7-8-11-20-4/h12-13,19H,5-11,14H2,1-4H3. The average molecular weight is 277 g/mol. The minimum atomic E-state index is 0.874. The van der Waals surface area contributed by atoms with Crippen molar-refractivity contribution in [1.29, 1.82) is 0 Å². The van der Waals surface area contributed by atoms with Gasteiger partial charge in [-0.2, -0.15) is 0 Å². The van der Waals surface area contributed by atoms with Crippen molar-refractivity contribution in [3.05, 3.63) is 34.4 Å². The first-order chi connectivity index (χ1) is 9.76. The lowest BCUT2D eigenvalue weighted by atomic mass is 9.90. The van der Waals surface area contributed by atoms with Crippen LogP contribution in [0.5, 0.6) is 0 Å². The van der Waals surface area contributed by atoms with Gasteiger partial charge in [-0.25, -0.2) is 0 Å². The Hall–Kier alpha value is -0.860. The molecule has 1 aromatic rings. The third-order valence-electron chi connectivity index (χ3n) is 3.79. The summed E-state index contributed by atoms with van der Waals surface area (Å²) in [5, 5.41) is 3.27. The van der Waals surface area contributed by atoms with E-state index >= 15 is 0 Å². The molecule has 1 aromatic carbocycles. The highest BCUT2D eigenvalue weighted by molar-refractivity contribution is 5.40. The summed E-state index contributed by atoms with van der Waals surface area (Å²) in [6, 6.07) is 4.80. The summed E-state index contributed by atoms with van der Waals surface area (Å²) in [4.78, 5) is 0. The third kappa shape index (κ3) is 5.26. The first kappa shape index (κ1) is 17.2. The summed E-state index contributed by atoms with van der Waals surface area (Å²) in [5.41, 5.74) is 6.13. The highest BCUT2D eigenvalue weighted by Gasteiger charge is 2.09. The zero-order valence-corrected chi connectivity index (χ0v) is 13.7. The molecule has 114 valence electrons. The Morgan fingerprint density at radius 1 is 1.05 bits per heavy atom. The number of hydrogen-bond donors (Lipinski definition) is 1. The SMILES string of the molecule is CCCc1cc(CNC)cc(CCCCOC)c1CC. The molecule has 0 saturated heterocycles. The van der Waals surface area contributed by atoms with E-state index in [2.05, 4.69) is 31.3 Å². The fourth-order valence-corrected chi connectivity index (χ4v) is 2.91. The van der Waals surface area contributed by atoms with Crippen molar-refractivity contribution in [2.24, 2.45) is 0 Å². The monoisotopic (exact) mass is 277 g/mol. The summed E-state index contributed by atoms with van der Waals surface area (Å²) in [5.74, 6) is 0. The van der Waals surface area contributed by atoms with Crippen molar-refractivity contribution < 1.29 is 4.74 Å². The topological polar surface area (TPSA) is 21.3 Å². The zero-order valence-electron chi connectivity index (χ0n) is 13.7. The van der Waals surface area contributed by atoms with Crippen LogP contribution in [-0.4, -0.2) is 20.8 Å². The lowest BCUT2D eigenvalue weighted by Gasteiger charge is -2.16. The molecule has 0 amide bonds. The summed E-state index contributed by atoms with van der Waals surface area (Å²) >= 11 is 0. The van der Waals surface area contributed by atoms with Gasteiger partial charge in [0, 0.05) is 20.3 Å². The molecule has 0 fully saturated rings. The van der Waals surface area contributed by atoms with Crippen molar-refractivity contribution in [3.8, 4) is 0 Å². The van der Waals surface area contributed by atoms with Crippen LogP contribution in [0.15, 0.2) is 12.1 Å². The van der Waals surface area contributed by atoms with Crippen LogP contribution in [0.4, 0.5) is 0 Å². The molecular weight excluding hydrogens is 246 g/mol. The number of hydrogen-bond acceptors (Lipinski definition) is 2. The number of nitrogens with one attached hydrogen (secondary N) is 1. The van der Waals surface area contributed by atoms with E-state index in [4.69, 9.17) is 4.74 Å². The molecule has 0 heterocycles.